The van der Waals surface area contributed by atoms with Crippen LogP contribution in [0.1, 0.15) is 19.3 Å². The molecule has 2 N–H and O–H groups in total. The molecule has 0 bridgehead atoms. The molecule has 18 heavy (non-hydrogen) atoms. The van der Waals surface area contributed by atoms with Gasteiger partial charge >= 0.3 is 0 Å². The minimum absolute atomic E-state index is 0.0507. The van der Waals surface area contributed by atoms with E-state index in [-0.39, 0.29) is 17.4 Å². The van der Waals surface area contributed by atoms with Gasteiger partial charge in [-0.05, 0) is 12.8 Å². The van der Waals surface area contributed by atoms with Crippen molar-refractivity contribution in [2.75, 3.05) is 26.7 Å². The Morgan fingerprint density at radius 3 is 2.94 bits per heavy atom. The predicted molar refractivity (Wildman–Crippen MR) is 66.2 cm³/mol. The fourth-order valence-corrected chi connectivity index (χ4v) is 1.80. The second-order valence-electron chi connectivity index (χ2n) is 4.05. The van der Waals surface area contributed by atoms with Crippen molar-refractivity contribution in [3.63, 3.8) is 0 Å². The SMILES string of the molecule is CN/C=C(/C#N)C(=O)NCCCN1CCCC1=O. The summed E-state index contributed by atoms with van der Waals surface area (Å²) >= 11 is 0. The number of carbonyl (C=O) groups is 2. The van der Waals surface area contributed by atoms with E-state index in [1.165, 1.54) is 6.20 Å². The highest BCUT2D eigenvalue weighted by Gasteiger charge is 2.19. The number of likely N-dealkylation sites (tertiary alicyclic amines) is 1. The molecule has 0 aromatic rings. The molecule has 1 saturated heterocycles. The molecular formula is C12H18N4O2. The Morgan fingerprint density at radius 1 is 1.61 bits per heavy atom. The standard InChI is InChI=1S/C12H18N4O2/c1-14-9-10(8-13)12(18)15-5-3-7-16-6-2-4-11(16)17/h9,14H,2-7H2,1H3,(H,15,18)/b10-9-. The summed E-state index contributed by atoms with van der Waals surface area (Å²) in [7, 11) is 1.63. The molecule has 0 aromatic carbocycles. The fraction of sp³-hybridized carbons (Fsp3) is 0.583. The zero-order valence-electron chi connectivity index (χ0n) is 10.5. The van der Waals surface area contributed by atoms with Gasteiger partial charge in [-0.2, -0.15) is 5.26 Å². The van der Waals surface area contributed by atoms with Crippen molar-refractivity contribution in [3.05, 3.63) is 11.8 Å². The maximum absolute atomic E-state index is 11.5. The quantitative estimate of drug-likeness (QED) is 0.386. The number of hydrogen-bond acceptors (Lipinski definition) is 4. The Hall–Kier alpha value is -2.03. The van der Waals surface area contributed by atoms with Gasteiger partial charge < -0.3 is 15.5 Å². The molecule has 6 heteroatoms. The lowest BCUT2D eigenvalue weighted by molar-refractivity contribution is -0.127. The van der Waals surface area contributed by atoms with E-state index < -0.39 is 0 Å². The van der Waals surface area contributed by atoms with E-state index in [1.54, 1.807) is 11.9 Å². The Kier molecular flexibility index (Phi) is 5.71. The average molecular weight is 250 g/mol. The van der Waals surface area contributed by atoms with Crippen molar-refractivity contribution in [2.24, 2.45) is 0 Å². The van der Waals surface area contributed by atoms with Crippen molar-refractivity contribution >= 4 is 11.8 Å². The van der Waals surface area contributed by atoms with Crippen LogP contribution >= 0.6 is 0 Å². The molecule has 1 heterocycles. The Bertz CT molecular complexity index is 384. The molecule has 0 saturated carbocycles. The number of nitrogens with zero attached hydrogens (tertiary/aromatic N) is 2. The smallest absolute Gasteiger partial charge is 0.263 e. The lowest BCUT2D eigenvalue weighted by atomic mass is 10.3. The van der Waals surface area contributed by atoms with E-state index in [0.717, 1.165) is 13.0 Å². The number of nitriles is 1. The number of rotatable bonds is 6. The molecule has 0 radical (unpaired) electrons. The van der Waals surface area contributed by atoms with Gasteiger partial charge in [-0.25, -0.2) is 0 Å². The minimum atomic E-state index is -0.389. The molecular weight excluding hydrogens is 232 g/mol. The minimum Gasteiger partial charge on any atom is -0.393 e. The number of nitrogens with one attached hydrogen (secondary N) is 2. The molecule has 0 aliphatic carbocycles. The summed E-state index contributed by atoms with van der Waals surface area (Å²) in [6, 6.07) is 1.81. The highest BCUT2D eigenvalue weighted by atomic mass is 16.2. The number of hydrogen-bond donors (Lipinski definition) is 2. The van der Waals surface area contributed by atoms with E-state index in [4.69, 9.17) is 5.26 Å². The van der Waals surface area contributed by atoms with Crippen molar-refractivity contribution < 1.29 is 9.59 Å². The normalized spacial score (nSPS) is 15.4. The summed E-state index contributed by atoms with van der Waals surface area (Å²) in [5, 5.41) is 14.0. The van der Waals surface area contributed by atoms with Crippen molar-refractivity contribution in [2.45, 2.75) is 19.3 Å². The van der Waals surface area contributed by atoms with E-state index in [0.29, 0.717) is 25.9 Å². The topological polar surface area (TPSA) is 85.2 Å². The van der Waals surface area contributed by atoms with Crippen LogP contribution in [0.25, 0.3) is 0 Å². The summed E-state index contributed by atoms with van der Waals surface area (Å²) in [6.45, 7) is 1.94. The number of carbonyl (C=O) groups excluding carboxylic acids is 2. The molecule has 1 aliphatic rings. The van der Waals surface area contributed by atoms with Gasteiger partial charge in [0, 0.05) is 39.3 Å². The monoisotopic (exact) mass is 250 g/mol. The Morgan fingerprint density at radius 2 is 2.39 bits per heavy atom. The predicted octanol–water partition coefficient (Wildman–Crippen LogP) is -0.258. The summed E-state index contributed by atoms with van der Waals surface area (Å²) < 4.78 is 0. The van der Waals surface area contributed by atoms with E-state index >= 15 is 0 Å². The van der Waals surface area contributed by atoms with Crippen LogP contribution in [0.2, 0.25) is 0 Å². The maximum Gasteiger partial charge on any atom is 0.263 e. The first-order chi connectivity index (χ1) is 8.69. The van der Waals surface area contributed by atoms with E-state index in [9.17, 15) is 9.59 Å². The molecule has 0 unspecified atom stereocenters. The summed E-state index contributed by atoms with van der Waals surface area (Å²) in [4.78, 5) is 24.6. The molecule has 1 fully saturated rings. The van der Waals surface area contributed by atoms with Gasteiger partial charge in [-0.1, -0.05) is 0 Å². The highest BCUT2D eigenvalue weighted by Crippen LogP contribution is 2.09. The number of amides is 2. The first kappa shape index (κ1) is 14.0. The largest absolute Gasteiger partial charge is 0.393 e. The van der Waals surface area contributed by atoms with Crippen LogP contribution in [0.5, 0.6) is 0 Å². The third-order valence-corrected chi connectivity index (χ3v) is 2.72. The lowest BCUT2D eigenvalue weighted by Crippen LogP contribution is -2.31. The van der Waals surface area contributed by atoms with Crippen LogP contribution in [0.3, 0.4) is 0 Å². The third-order valence-electron chi connectivity index (χ3n) is 2.72. The van der Waals surface area contributed by atoms with Gasteiger partial charge in [0.05, 0.1) is 0 Å². The summed E-state index contributed by atoms with van der Waals surface area (Å²) in [5.41, 5.74) is 0.0507. The first-order valence-electron chi connectivity index (χ1n) is 6.02. The maximum atomic E-state index is 11.5. The van der Waals surface area contributed by atoms with Crippen LogP contribution in [-0.4, -0.2) is 43.4 Å². The lowest BCUT2D eigenvalue weighted by Gasteiger charge is -2.15. The zero-order valence-corrected chi connectivity index (χ0v) is 10.5. The van der Waals surface area contributed by atoms with Gasteiger partial charge in [0.2, 0.25) is 5.91 Å². The van der Waals surface area contributed by atoms with Crippen LogP contribution in [0.15, 0.2) is 11.8 Å². The van der Waals surface area contributed by atoms with Crippen molar-refractivity contribution in [1.29, 1.82) is 5.26 Å². The summed E-state index contributed by atoms with van der Waals surface area (Å²) in [6.07, 6.45) is 3.62. The van der Waals surface area contributed by atoms with Crippen LogP contribution in [0, 0.1) is 11.3 Å². The molecule has 1 rings (SSSR count). The van der Waals surface area contributed by atoms with Crippen molar-refractivity contribution in [3.8, 4) is 6.07 Å². The van der Waals surface area contributed by atoms with E-state index in [2.05, 4.69) is 10.6 Å². The van der Waals surface area contributed by atoms with E-state index in [1.807, 2.05) is 6.07 Å². The second kappa shape index (κ2) is 7.33. The van der Waals surface area contributed by atoms with Gasteiger partial charge in [0.25, 0.3) is 5.91 Å². The highest BCUT2D eigenvalue weighted by molar-refractivity contribution is 5.97. The third kappa shape index (κ3) is 4.09. The zero-order chi connectivity index (χ0) is 13.4. The second-order valence-corrected chi connectivity index (χ2v) is 4.05. The molecule has 0 atom stereocenters. The molecule has 2 amide bonds. The summed E-state index contributed by atoms with van der Waals surface area (Å²) in [5.74, 6) is -0.200. The van der Waals surface area contributed by atoms with Crippen LogP contribution in [-0.2, 0) is 9.59 Å². The van der Waals surface area contributed by atoms with Crippen LogP contribution in [0.4, 0.5) is 0 Å². The molecule has 6 nitrogen and oxygen atoms in total. The Labute approximate surface area is 107 Å². The van der Waals surface area contributed by atoms with Gasteiger partial charge in [-0.3, -0.25) is 9.59 Å². The van der Waals surface area contributed by atoms with Gasteiger partial charge in [0.1, 0.15) is 11.6 Å². The van der Waals surface area contributed by atoms with Gasteiger partial charge in [-0.15, -0.1) is 0 Å². The molecule has 98 valence electrons. The molecule has 1 aliphatic heterocycles. The fourth-order valence-electron chi connectivity index (χ4n) is 1.80. The van der Waals surface area contributed by atoms with Crippen LogP contribution < -0.4 is 10.6 Å². The van der Waals surface area contributed by atoms with Gasteiger partial charge in [0.15, 0.2) is 0 Å². The average Bonchev–Trinajstić information content (AvgIpc) is 2.77. The molecule has 0 aromatic heterocycles. The Balaban J connectivity index is 2.21. The molecule has 0 spiro atoms. The van der Waals surface area contributed by atoms with Crippen molar-refractivity contribution in [1.82, 2.24) is 15.5 Å². The first-order valence-corrected chi connectivity index (χ1v) is 6.02.